The fourth-order valence-electron chi connectivity index (χ4n) is 3.35. The molecule has 1 aromatic heterocycles. The Bertz CT molecular complexity index is 357. The molecule has 1 aliphatic carbocycles. The molecular formula is C13H20BrNS. The Morgan fingerprint density at radius 2 is 2.19 bits per heavy atom. The molecule has 0 aliphatic heterocycles. The van der Waals surface area contributed by atoms with Crippen molar-refractivity contribution in [3.63, 3.8) is 0 Å². The molecule has 3 heteroatoms. The number of nitrogens with one attached hydrogen (secondary N) is 1. The Balaban J connectivity index is 2.28. The monoisotopic (exact) mass is 301 g/mol. The van der Waals surface area contributed by atoms with E-state index in [0.717, 1.165) is 5.92 Å². The first kappa shape index (κ1) is 12.6. The van der Waals surface area contributed by atoms with Crippen LogP contribution >= 0.6 is 27.3 Å². The van der Waals surface area contributed by atoms with Gasteiger partial charge in [0, 0.05) is 21.3 Å². The van der Waals surface area contributed by atoms with Crippen molar-refractivity contribution in [2.75, 3.05) is 7.05 Å². The van der Waals surface area contributed by atoms with Gasteiger partial charge in [-0.15, -0.1) is 11.3 Å². The highest BCUT2D eigenvalue weighted by atomic mass is 79.9. The highest BCUT2D eigenvalue weighted by molar-refractivity contribution is 9.10. The molecule has 0 bridgehead atoms. The van der Waals surface area contributed by atoms with Crippen LogP contribution in [0.1, 0.15) is 43.9 Å². The van der Waals surface area contributed by atoms with Crippen LogP contribution in [0.4, 0.5) is 0 Å². The molecule has 16 heavy (non-hydrogen) atoms. The van der Waals surface area contributed by atoms with E-state index in [1.165, 1.54) is 23.7 Å². The van der Waals surface area contributed by atoms with Gasteiger partial charge in [-0.25, -0.2) is 0 Å². The summed E-state index contributed by atoms with van der Waals surface area (Å²) in [6.45, 7) is 4.67. The van der Waals surface area contributed by atoms with E-state index in [1.807, 2.05) is 11.3 Å². The SMILES string of the molecule is CCC1(CC)C(NC)CC1c1sccc1Br. The predicted molar refractivity (Wildman–Crippen MR) is 75.2 cm³/mol. The standard InChI is InChI=1S/C13H20BrNS/c1-4-13(5-2)9(8-11(13)15-3)12-10(14)6-7-16-12/h6-7,9,11,15H,4-5,8H2,1-3H3. The van der Waals surface area contributed by atoms with Crippen LogP contribution in [0.3, 0.4) is 0 Å². The summed E-state index contributed by atoms with van der Waals surface area (Å²) < 4.78 is 1.31. The van der Waals surface area contributed by atoms with Crippen LogP contribution < -0.4 is 5.32 Å². The summed E-state index contributed by atoms with van der Waals surface area (Å²) in [4.78, 5) is 1.55. The van der Waals surface area contributed by atoms with Crippen molar-refractivity contribution in [2.45, 2.75) is 45.1 Å². The number of hydrogen-bond donors (Lipinski definition) is 1. The van der Waals surface area contributed by atoms with Gasteiger partial charge in [0.1, 0.15) is 0 Å². The number of thiophene rings is 1. The van der Waals surface area contributed by atoms with Crippen molar-refractivity contribution in [2.24, 2.45) is 5.41 Å². The van der Waals surface area contributed by atoms with Crippen LogP contribution in [0.25, 0.3) is 0 Å². The van der Waals surface area contributed by atoms with Crippen LogP contribution in [-0.2, 0) is 0 Å². The van der Waals surface area contributed by atoms with E-state index in [4.69, 9.17) is 0 Å². The molecule has 0 saturated heterocycles. The van der Waals surface area contributed by atoms with E-state index in [2.05, 4.69) is 53.6 Å². The Hall–Kier alpha value is 0.140. The summed E-state index contributed by atoms with van der Waals surface area (Å²) in [5.41, 5.74) is 0.474. The third kappa shape index (κ3) is 1.68. The van der Waals surface area contributed by atoms with Crippen LogP contribution in [0.15, 0.2) is 15.9 Å². The molecule has 1 N–H and O–H groups in total. The Kier molecular flexibility index (Phi) is 3.77. The maximum atomic E-state index is 3.68. The zero-order chi connectivity index (χ0) is 11.8. The zero-order valence-corrected chi connectivity index (χ0v) is 12.6. The van der Waals surface area contributed by atoms with Gasteiger partial charge in [0.2, 0.25) is 0 Å². The number of hydrogen-bond acceptors (Lipinski definition) is 2. The summed E-state index contributed by atoms with van der Waals surface area (Å²) in [7, 11) is 2.10. The predicted octanol–water partition coefficient (Wildman–Crippen LogP) is 4.39. The second-order valence-corrected chi connectivity index (χ2v) is 6.50. The molecule has 0 amide bonds. The normalized spacial score (nSPS) is 27.8. The minimum atomic E-state index is 0.474. The first-order valence-electron chi connectivity index (χ1n) is 6.09. The lowest BCUT2D eigenvalue weighted by Gasteiger charge is -2.56. The molecular weight excluding hydrogens is 282 g/mol. The van der Waals surface area contributed by atoms with Gasteiger partial charge >= 0.3 is 0 Å². The van der Waals surface area contributed by atoms with E-state index in [1.54, 1.807) is 4.88 Å². The maximum absolute atomic E-state index is 3.68. The number of halogens is 1. The van der Waals surface area contributed by atoms with Gasteiger partial charge in [0.05, 0.1) is 0 Å². The fourth-order valence-corrected chi connectivity index (χ4v) is 5.24. The lowest BCUT2D eigenvalue weighted by atomic mass is 9.53. The van der Waals surface area contributed by atoms with Crippen LogP contribution in [0.5, 0.6) is 0 Å². The van der Waals surface area contributed by atoms with Crippen molar-refractivity contribution in [3.05, 3.63) is 20.8 Å². The van der Waals surface area contributed by atoms with E-state index >= 15 is 0 Å². The molecule has 0 radical (unpaired) electrons. The van der Waals surface area contributed by atoms with Crippen molar-refractivity contribution in [3.8, 4) is 0 Å². The molecule has 1 fully saturated rings. The summed E-state index contributed by atoms with van der Waals surface area (Å²) in [6.07, 6.45) is 3.82. The van der Waals surface area contributed by atoms with Gasteiger partial charge < -0.3 is 5.32 Å². The van der Waals surface area contributed by atoms with Crippen LogP contribution in [0.2, 0.25) is 0 Å². The lowest BCUT2D eigenvalue weighted by Crippen LogP contribution is -2.57. The van der Waals surface area contributed by atoms with Crippen molar-refractivity contribution >= 4 is 27.3 Å². The topological polar surface area (TPSA) is 12.0 Å². The van der Waals surface area contributed by atoms with E-state index in [-0.39, 0.29) is 0 Å². The average Bonchev–Trinajstić information content (AvgIpc) is 2.66. The maximum Gasteiger partial charge on any atom is 0.0317 e. The molecule has 90 valence electrons. The van der Waals surface area contributed by atoms with Crippen LogP contribution in [0, 0.1) is 5.41 Å². The van der Waals surface area contributed by atoms with Crippen molar-refractivity contribution in [1.29, 1.82) is 0 Å². The van der Waals surface area contributed by atoms with Gasteiger partial charge in [-0.3, -0.25) is 0 Å². The second kappa shape index (κ2) is 4.79. The Morgan fingerprint density at radius 1 is 1.50 bits per heavy atom. The molecule has 1 aliphatic rings. The van der Waals surface area contributed by atoms with E-state index in [0.29, 0.717) is 11.5 Å². The van der Waals surface area contributed by atoms with Crippen molar-refractivity contribution < 1.29 is 0 Å². The second-order valence-electron chi connectivity index (χ2n) is 4.70. The van der Waals surface area contributed by atoms with Crippen LogP contribution in [-0.4, -0.2) is 13.1 Å². The molecule has 2 unspecified atom stereocenters. The molecule has 1 nitrogen and oxygen atoms in total. The number of rotatable bonds is 4. The molecule has 1 aromatic rings. The quantitative estimate of drug-likeness (QED) is 0.869. The van der Waals surface area contributed by atoms with Gasteiger partial charge in [-0.05, 0) is 59.1 Å². The summed E-state index contributed by atoms with van der Waals surface area (Å²) in [5.74, 6) is 0.745. The first-order chi connectivity index (χ1) is 7.69. The Labute approximate surface area is 111 Å². The largest absolute Gasteiger partial charge is 0.316 e. The minimum absolute atomic E-state index is 0.474. The summed E-state index contributed by atoms with van der Waals surface area (Å²) in [6, 6.07) is 2.88. The Morgan fingerprint density at radius 3 is 2.62 bits per heavy atom. The molecule has 1 saturated carbocycles. The van der Waals surface area contributed by atoms with E-state index in [9.17, 15) is 0 Å². The smallest absolute Gasteiger partial charge is 0.0317 e. The molecule has 2 rings (SSSR count). The molecule has 0 spiro atoms. The minimum Gasteiger partial charge on any atom is -0.316 e. The van der Waals surface area contributed by atoms with Gasteiger partial charge in [-0.1, -0.05) is 13.8 Å². The highest BCUT2D eigenvalue weighted by Gasteiger charge is 2.53. The third-order valence-electron chi connectivity index (χ3n) is 4.49. The summed E-state index contributed by atoms with van der Waals surface area (Å²) in [5, 5.41) is 5.69. The third-order valence-corrected chi connectivity index (χ3v) is 6.47. The van der Waals surface area contributed by atoms with Gasteiger partial charge in [-0.2, -0.15) is 0 Å². The van der Waals surface area contributed by atoms with Gasteiger partial charge in [0.15, 0.2) is 0 Å². The van der Waals surface area contributed by atoms with Gasteiger partial charge in [0.25, 0.3) is 0 Å². The van der Waals surface area contributed by atoms with Crippen molar-refractivity contribution in [1.82, 2.24) is 5.32 Å². The molecule has 0 aromatic carbocycles. The molecule has 1 heterocycles. The highest BCUT2D eigenvalue weighted by Crippen LogP contribution is 2.59. The zero-order valence-electron chi connectivity index (χ0n) is 10.2. The summed E-state index contributed by atoms with van der Waals surface area (Å²) >= 11 is 5.59. The fraction of sp³-hybridized carbons (Fsp3) is 0.692. The lowest BCUT2D eigenvalue weighted by molar-refractivity contribution is 0.0261. The van der Waals surface area contributed by atoms with E-state index < -0.39 is 0 Å². The average molecular weight is 302 g/mol. The molecule has 2 atom stereocenters. The first-order valence-corrected chi connectivity index (χ1v) is 7.77.